The van der Waals surface area contributed by atoms with Gasteiger partial charge in [-0.1, -0.05) is 11.6 Å². The second kappa shape index (κ2) is 7.72. The van der Waals surface area contributed by atoms with Gasteiger partial charge in [-0.3, -0.25) is 4.72 Å². The van der Waals surface area contributed by atoms with E-state index in [4.69, 9.17) is 21.1 Å². The average molecular weight is 400 g/mol. The lowest BCUT2D eigenvalue weighted by atomic mass is 10.2. The van der Waals surface area contributed by atoms with Gasteiger partial charge in [-0.05, 0) is 56.0 Å². The van der Waals surface area contributed by atoms with E-state index in [1.54, 1.807) is 18.2 Å². The highest BCUT2D eigenvalue weighted by Gasteiger charge is 2.21. The van der Waals surface area contributed by atoms with Crippen molar-refractivity contribution in [2.75, 3.05) is 11.8 Å². The minimum Gasteiger partial charge on any atom is -0.493 e. The first-order valence-electron chi connectivity index (χ1n) is 8.21. The van der Waals surface area contributed by atoms with Crippen LogP contribution in [0.15, 0.2) is 41.3 Å². The highest BCUT2D eigenvalue weighted by Crippen LogP contribution is 2.35. The largest absolute Gasteiger partial charge is 0.493 e. The Kier molecular flexibility index (Phi) is 5.58. The van der Waals surface area contributed by atoms with Crippen molar-refractivity contribution in [3.05, 3.63) is 47.2 Å². The fourth-order valence-electron chi connectivity index (χ4n) is 2.92. The SMILES string of the molecule is COc1ccc(NS(=O)(=O)c2ccc(F)cc2Cl)cc1OC1CCCC1. The Labute approximate surface area is 157 Å². The van der Waals surface area contributed by atoms with Gasteiger partial charge in [0.15, 0.2) is 11.5 Å². The van der Waals surface area contributed by atoms with Crippen molar-refractivity contribution in [2.45, 2.75) is 36.7 Å². The molecule has 8 heteroatoms. The van der Waals surface area contributed by atoms with Crippen molar-refractivity contribution in [3.8, 4) is 11.5 Å². The molecule has 0 amide bonds. The number of nitrogens with one attached hydrogen (secondary N) is 1. The maximum Gasteiger partial charge on any atom is 0.263 e. The van der Waals surface area contributed by atoms with E-state index >= 15 is 0 Å². The van der Waals surface area contributed by atoms with Crippen molar-refractivity contribution in [3.63, 3.8) is 0 Å². The van der Waals surface area contributed by atoms with Gasteiger partial charge >= 0.3 is 0 Å². The van der Waals surface area contributed by atoms with E-state index in [1.165, 1.54) is 7.11 Å². The minimum absolute atomic E-state index is 0.0994. The molecule has 1 saturated carbocycles. The molecule has 0 bridgehead atoms. The lowest BCUT2D eigenvalue weighted by Gasteiger charge is -2.17. The predicted molar refractivity (Wildman–Crippen MR) is 98.1 cm³/mol. The van der Waals surface area contributed by atoms with Crippen LogP contribution in [-0.4, -0.2) is 21.6 Å². The number of hydrogen-bond acceptors (Lipinski definition) is 4. The Morgan fingerprint density at radius 1 is 1.12 bits per heavy atom. The molecule has 1 aliphatic carbocycles. The van der Waals surface area contributed by atoms with Crippen LogP contribution in [0.25, 0.3) is 0 Å². The van der Waals surface area contributed by atoms with Crippen molar-refractivity contribution in [1.29, 1.82) is 0 Å². The van der Waals surface area contributed by atoms with E-state index in [9.17, 15) is 12.8 Å². The maximum absolute atomic E-state index is 13.2. The van der Waals surface area contributed by atoms with Gasteiger partial charge in [-0.15, -0.1) is 0 Å². The van der Waals surface area contributed by atoms with Gasteiger partial charge in [0.1, 0.15) is 10.7 Å². The number of benzene rings is 2. The Morgan fingerprint density at radius 2 is 1.85 bits per heavy atom. The molecule has 0 atom stereocenters. The molecule has 0 heterocycles. The van der Waals surface area contributed by atoms with Crippen LogP contribution in [-0.2, 0) is 10.0 Å². The van der Waals surface area contributed by atoms with E-state index in [1.807, 2.05) is 0 Å². The molecule has 3 rings (SSSR count). The molecule has 0 aliphatic heterocycles. The summed E-state index contributed by atoms with van der Waals surface area (Å²) in [5, 5.41) is -0.187. The average Bonchev–Trinajstić information content (AvgIpc) is 3.07. The molecule has 0 radical (unpaired) electrons. The van der Waals surface area contributed by atoms with Gasteiger partial charge in [-0.25, -0.2) is 12.8 Å². The molecule has 0 spiro atoms. The molecule has 0 unspecified atom stereocenters. The summed E-state index contributed by atoms with van der Waals surface area (Å²) in [4.78, 5) is -0.199. The summed E-state index contributed by atoms with van der Waals surface area (Å²) in [6, 6.07) is 7.90. The van der Waals surface area contributed by atoms with Crippen LogP contribution in [0, 0.1) is 5.82 Å². The summed E-state index contributed by atoms with van der Waals surface area (Å²) in [6.45, 7) is 0. The number of ether oxygens (including phenoxy) is 2. The van der Waals surface area contributed by atoms with Crippen molar-refractivity contribution in [1.82, 2.24) is 0 Å². The molecule has 5 nitrogen and oxygen atoms in total. The molecule has 2 aromatic carbocycles. The Balaban J connectivity index is 1.86. The Hall–Kier alpha value is -1.99. The number of anilines is 1. The predicted octanol–water partition coefficient (Wildman–Crippen LogP) is 4.61. The second-order valence-corrected chi connectivity index (χ2v) is 8.13. The summed E-state index contributed by atoms with van der Waals surface area (Å²) in [5.41, 5.74) is 0.305. The standard InChI is InChI=1S/C18H19ClFNO4S/c1-24-16-8-7-13(11-17(16)25-14-4-2-3-5-14)21-26(22,23)18-9-6-12(20)10-15(18)19/h6-11,14,21H,2-5H2,1H3. The summed E-state index contributed by atoms with van der Waals surface area (Å²) >= 11 is 5.87. The molecule has 0 aromatic heterocycles. The number of rotatable bonds is 6. The quantitative estimate of drug-likeness (QED) is 0.770. The molecule has 1 aliphatic rings. The summed E-state index contributed by atoms with van der Waals surface area (Å²) in [6.07, 6.45) is 4.25. The van der Waals surface area contributed by atoms with Crippen LogP contribution in [0.3, 0.4) is 0 Å². The first kappa shape index (κ1) is 18.8. The topological polar surface area (TPSA) is 64.6 Å². The van der Waals surface area contributed by atoms with Gasteiger partial charge < -0.3 is 9.47 Å². The van der Waals surface area contributed by atoms with Crippen LogP contribution in [0.1, 0.15) is 25.7 Å². The zero-order chi connectivity index (χ0) is 18.7. The van der Waals surface area contributed by atoms with Crippen LogP contribution in [0.5, 0.6) is 11.5 Å². The highest BCUT2D eigenvalue weighted by molar-refractivity contribution is 7.92. The maximum atomic E-state index is 13.2. The minimum atomic E-state index is -3.97. The number of methoxy groups -OCH3 is 1. The second-order valence-electron chi connectivity index (χ2n) is 6.07. The fourth-order valence-corrected chi connectivity index (χ4v) is 4.50. The lowest BCUT2D eigenvalue weighted by molar-refractivity contribution is 0.201. The fraction of sp³-hybridized carbons (Fsp3) is 0.333. The normalized spacial score (nSPS) is 15.0. The van der Waals surface area contributed by atoms with E-state index in [0.29, 0.717) is 17.2 Å². The van der Waals surface area contributed by atoms with E-state index in [0.717, 1.165) is 43.9 Å². The summed E-state index contributed by atoms with van der Waals surface area (Å²) in [5.74, 6) is 0.398. The monoisotopic (exact) mass is 399 g/mol. The summed E-state index contributed by atoms with van der Waals surface area (Å²) in [7, 11) is -2.44. The van der Waals surface area contributed by atoms with E-state index in [2.05, 4.69) is 4.72 Å². The Bertz CT molecular complexity index is 898. The first-order valence-corrected chi connectivity index (χ1v) is 10.1. The van der Waals surface area contributed by atoms with Crippen LogP contribution in [0.4, 0.5) is 10.1 Å². The third kappa shape index (κ3) is 4.22. The number of sulfonamides is 1. The van der Waals surface area contributed by atoms with Crippen LogP contribution in [0.2, 0.25) is 5.02 Å². The summed E-state index contributed by atoms with van der Waals surface area (Å²) < 4.78 is 52.0. The molecule has 26 heavy (non-hydrogen) atoms. The van der Waals surface area contributed by atoms with Gasteiger partial charge in [0, 0.05) is 6.07 Å². The molecule has 0 saturated heterocycles. The third-order valence-electron chi connectivity index (χ3n) is 4.20. The third-order valence-corrected chi connectivity index (χ3v) is 6.06. The molecule has 1 N–H and O–H groups in total. The van der Waals surface area contributed by atoms with Gasteiger partial charge in [-0.2, -0.15) is 0 Å². The zero-order valence-electron chi connectivity index (χ0n) is 14.2. The van der Waals surface area contributed by atoms with E-state index in [-0.39, 0.29) is 16.0 Å². The lowest BCUT2D eigenvalue weighted by Crippen LogP contribution is -2.15. The van der Waals surface area contributed by atoms with Crippen molar-refractivity contribution < 1.29 is 22.3 Å². The van der Waals surface area contributed by atoms with Gasteiger partial charge in [0.25, 0.3) is 10.0 Å². The molecular weight excluding hydrogens is 381 g/mol. The van der Waals surface area contributed by atoms with E-state index < -0.39 is 15.8 Å². The van der Waals surface area contributed by atoms with Gasteiger partial charge in [0.2, 0.25) is 0 Å². The Morgan fingerprint density at radius 3 is 2.50 bits per heavy atom. The number of hydrogen-bond donors (Lipinski definition) is 1. The van der Waals surface area contributed by atoms with Crippen molar-refractivity contribution >= 4 is 27.3 Å². The van der Waals surface area contributed by atoms with Crippen LogP contribution < -0.4 is 14.2 Å². The number of halogens is 2. The highest BCUT2D eigenvalue weighted by atomic mass is 35.5. The van der Waals surface area contributed by atoms with Gasteiger partial charge in [0.05, 0.1) is 23.9 Å². The zero-order valence-corrected chi connectivity index (χ0v) is 15.7. The first-order chi connectivity index (χ1) is 12.4. The van der Waals surface area contributed by atoms with Crippen LogP contribution >= 0.6 is 11.6 Å². The molecule has 2 aromatic rings. The molecule has 140 valence electrons. The van der Waals surface area contributed by atoms with Crippen molar-refractivity contribution in [2.24, 2.45) is 0 Å². The smallest absolute Gasteiger partial charge is 0.263 e. The molecule has 1 fully saturated rings. The molecular formula is C18H19ClFNO4S.